The van der Waals surface area contributed by atoms with Crippen LogP contribution < -0.4 is 5.32 Å². The van der Waals surface area contributed by atoms with Crippen LogP contribution in [0.3, 0.4) is 0 Å². The molecule has 1 saturated heterocycles. The highest BCUT2D eigenvalue weighted by Crippen LogP contribution is 2.23. The molecule has 1 unspecified atom stereocenters. The molecular weight excluding hydrogens is 298 g/mol. The van der Waals surface area contributed by atoms with E-state index in [0.717, 1.165) is 5.56 Å². The van der Waals surface area contributed by atoms with E-state index < -0.39 is 0 Å². The van der Waals surface area contributed by atoms with Crippen LogP contribution in [0.1, 0.15) is 16.9 Å². The molecule has 2 heterocycles. The van der Waals surface area contributed by atoms with E-state index >= 15 is 0 Å². The van der Waals surface area contributed by atoms with Gasteiger partial charge in [0.2, 0.25) is 5.91 Å². The average molecular weight is 313 g/mol. The number of hydrogen-bond donors (Lipinski definition) is 1. The predicted octanol–water partition coefficient (Wildman–Crippen LogP) is 2.75. The molecule has 1 aliphatic rings. The van der Waals surface area contributed by atoms with Crippen LogP contribution in [0.2, 0.25) is 0 Å². The Morgan fingerprint density at radius 1 is 1.32 bits per heavy atom. The number of thioether (sulfide) groups is 1. The summed E-state index contributed by atoms with van der Waals surface area (Å²) < 4.78 is 5.12. The molecule has 1 fully saturated rings. The van der Waals surface area contributed by atoms with Gasteiger partial charge in [-0.1, -0.05) is 41.6 Å². The quantitative estimate of drug-likeness (QED) is 0.697. The number of rotatable bonds is 4. The molecule has 5 nitrogen and oxygen atoms in total. The Morgan fingerprint density at radius 3 is 2.86 bits per heavy atom. The van der Waals surface area contributed by atoms with Gasteiger partial charge in [-0.3, -0.25) is 4.79 Å². The number of nitrogens with one attached hydrogen (secondary N) is 1. The van der Waals surface area contributed by atoms with E-state index in [9.17, 15) is 4.79 Å². The summed E-state index contributed by atoms with van der Waals surface area (Å²) in [6.07, 6.45) is 3.75. The van der Waals surface area contributed by atoms with Crippen molar-refractivity contribution in [2.75, 3.05) is 0 Å². The first-order chi connectivity index (χ1) is 10.7. The Morgan fingerprint density at radius 2 is 2.14 bits per heavy atom. The standard InChI is InChI=1S/C16H15N3O2S/c1-11-4-6-12(7-5-11)9-14-15(20)18-16(22-14)19-17-10-13-3-2-8-21-13/h2-8,10,14H,9H2,1H3,(H,18,19,20). The maximum Gasteiger partial charge on any atom is 0.239 e. The number of hydrogen-bond acceptors (Lipinski definition) is 5. The third-order valence-electron chi connectivity index (χ3n) is 3.19. The van der Waals surface area contributed by atoms with E-state index in [4.69, 9.17) is 4.42 Å². The van der Waals surface area contributed by atoms with Gasteiger partial charge in [-0.25, -0.2) is 0 Å². The van der Waals surface area contributed by atoms with Crippen molar-refractivity contribution in [3.63, 3.8) is 0 Å². The number of amides is 1. The molecule has 1 aromatic carbocycles. The summed E-state index contributed by atoms with van der Waals surface area (Å²) in [4.78, 5) is 12.0. The Balaban J connectivity index is 1.61. The van der Waals surface area contributed by atoms with Gasteiger partial charge in [0.15, 0.2) is 5.17 Å². The van der Waals surface area contributed by atoms with Crippen LogP contribution in [0.25, 0.3) is 0 Å². The van der Waals surface area contributed by atoms with Crippen molar-refractivity contribution in [1.82, 2.24) is 5.32 Å². The van der Waals surface area contributed by atoms with E-state index in [2.05, 4.69) is 27.7 Å². The second-order valence-corrected chi connectivity index (χ2v) is 6.14. The third-order valence-corrected chi connectivity index (χ3v) is 4.27. The van der Waals surface area contributed by atoms with Gasteiger partial charge in [-0.05, 0) is 31.0 Å². The topological polar surface area (TPSA) is 67.0 Å². The van der Waals surface area contributed by atoms with Gasteiger partial charge in [0.05, 0.1) is 17.7 Å². The van der Waals surface area contributed by atoms with E-state index in [1.807, 2.05) is 19.1 Å². The minimum Gasteiger partial charge on any atom is -0.463 e. The molecule has 112 valence electrons. The van der Waals surface area contributed by atoms with Crippen LogP contribution in [-0.4, -0.2) is 22.5 Å². The summed E-state index contributed by atoms with van der Waals surface area (Å²) in [7, 11) is 0. The second-order valence-electron chi connectivity index (χ2n) is 4.95. The van der Waals surface area contributed by atoms with Crippen molar-refractivity contribution in [3.05, 3.63) is 59.5 Å². The van der Waals surface area contributed by atoms with E-state index in [0.29, 0.717) is 17.3 Å². The highest BCUT2D eigenvalue weighted by atomic mass is 32.2. The molecule has 0 bridgehead atoms. The van der Waals surface area contributed by atoms with Gasteiger partial charge in [-0.15, -0.1) is 5.10 Å². The zero-order valence-electron chi connectivity index (χ0n) is 12.0. The van der Waals surface area contributed by atoms with Crippen molar-refractivity contribution in [2.24, 2.45) is 10.2 Å². The highest BCUT2D eigenvalue weighted by molar-refractivity contribution is 8.15. The zero-order chi connectivity index (χ0) is 15.4. The van der Waals surface area contributed by atoms with E-state index in [1.54, 1.807) is 18.4 Å². The summed E-state index contributed by atoms with van der Waals surface area (Å²) in [6.45, 7) is 2.04. The lowest BCUT2D eigenvalue weighted by molar-refractivity contribution is -0.118. The van der Waals surface area contributed by atoms with Gasteiger partial charge < -0.3 is 9.73 Å². The Hall–Kier alpha value is -2.34. The molecule has 6 heteroatoms. The highest BCUT2D eigenvalue weighted by Gasteiger charge is 2.30. The maximum atomic E-state index is 12.0. The summed E-state index contributed by atoms with van der Waals surface area (Å²) in [5.74, 6) is 0.590. The number of carbonyl (C=O) groups is 1. The fourth-order valence-electron chi connectivity index (χ4n) is 2.03. The molecule has 1 atom stereocenters. The minimum atomic E-state index is -0.166. The summed E-state index contributed by atoms with van der Waals surface area (Å²) in [6, 6.07) is 11.8. The monoisotopic (exact) mass is 313 g/mol. The van der Waals surface area contributed by atoms with E-state index in [1.165, 1.54) is 23.5 Å². The number of benzene rings is 1. The first-order valence-electron chi connectivity index (χ1n) is 6.88. The first-order valence-corrected chi connectivity index (χ1v) is 7.76. The normalized spacial score (nSPS) is 20.0. The Labute approximate surface area is 132 Å². The lowest BCUT2D eigenvalue weighted by atomic mass is 10.1. The van der Waals surface area contributed by atoms with Crippen LogP contribution in [0, 0.1) is 6.92 Å². The number of carbonyl (C=O) groups excluding carboxylic acids is 1. The number of aryl methyl sites for hydroxylation is 1. The van der Waals surface area contributed by atoms with Crippen LogP contribution in [0.15, 0.2) is 57.3 Å². The molecule has 22 heavy (non-hydrogen) atoms. The molecule has 0 aliphatic carbocycles. The smallest absolute Gasteiger partial charge is 0.239 e. The summed E-state index contributed by atoms with van der Waals surface area (Å²) in [5.41, 5.74) is 2.35. The lowest BCUT2D eigenvalue weighted by Gasteiger charge is -2.05. The van der Waals surface area contributed by atoms with Gasteiger partial charge in [0, 0.05) is 0 Å². The fraction of sp³-hybridized carbons (Fsp3) is 0.188. The van der Waals surface area contributed by atoms with Crippen molar-refractivity contribution >= 4 is 29.1 Å². The predicted molar refractivity (Wildman–Crippen MR) is 88.1 cm³/mol. The Bertz CT molecular complexity index is 706. The average Bonchev–Trinajstić information content (AvgIpc) is 3.12. The minimum absolute atomic E-state index is 0.0301. The third kappa shape index (κ3) is 3.65. The first kappa shape index (κ1) is 14.6. The molecule has 1 N–H and O–H groups in total. The van der Waals surface area contributed by atoms with Gasteiger partial charge in [0.1, 0.15) is 5.76 Å². The molecule has 3 rings (SSSR count). The van der Waals surface area contributed by atoms with Crippen LogP contribution >= 0.6 is 11.8 Å². The lowest BCUT2D eigenvalue weighted by Crippen LogP contribution is -2.25. The maximum absolute atomic E-state index is 12.0. The van der Waals surface area contributed by atoms with Crippen LogP contribution in [0.4, 0.5) is 0 Å². The summed E-state index contributed by atoms with van der Waals surface area (Å²) in [5, 5.41) is 11.0. The summed E-state index contributed by atoms with van der Waals surface area (Å²) >= 11 is 1.40. The molecule has 0 saturated carbocycles. The molecule has 0 spiro atoms. The molecule has 1 amide bonds. The molecule has 1 aliphatic heterocycles. The van der Waals surface area contributed by atoms with Gasteiger partial charge in [0.25, 0.3) is 0 Å². The van der Waals surface area contributed by atoms with Gasteiger partial charge in [-0.2, -0.15) is 5.10 Å². The number of amidine groups is 1. The van der Waals surface area contributed by atoms with Crippen molar-refractivity contribution in [1.29, 1.82) is 0 Å². The molecule has 1 aromatic heterocycles. The SMILES string of the molecule is Cc1ccc(CC2SC(=NN=Cc3ccco3)NC2=O)cc1. The van der Waals surface area contributed by atoms with Crippen LogP contribution in [0.5, 0.6) is 0 Å². The van der Waals surface area contributed by atoms with Crippen molar-refractivity contribution in [3.8, 4) is 0 Å². The van der Waals surface area contributed by atoms with Crippen molar-refractivity contribution < 1.29 is 9.21 Å². The van der Waals surface area contributed by atoms with Crippen molar-refractivity contribution in [2.45, 2.75) is 18.6 Å². The molecule has 0 radical (unpaired) electrons. The van der Waals surface area contributed by atoms with E-state index in [-0.39, 0.29) is 11.2 Å². The fourth-order valence-corrected chi connectivity index (χ4v) is 2.99. The zero-order valence-corrected chi connectivity index (χ0v) is 12.8. The van der Waals surface area contributed by atoms with Gasteiger partial charge >= 0.3 is 0 Å². The van der Waals surface area contributed by atoms with Crippen LogP contribution in [-0.2, 0) is 11.2 Å². The molecular formula is C16H15N3O2S. The second kappa shape index (κ2) is 6.62. The Kier molecular flexibility index (Phi) is 4.39. The largest absolute Gasteiger partial charge is 0.463 e. The molecule has 2 aromatic rings. The number of nitrogens with zero attached hydrogens (tertiary/aromatic N) is 2. The number of furan rings is 1.